The number of nitrogens with zero attached hydrogens (tertiary/aromatic N) is 2. The average Bonchev–Trinajstić information content (AvgIpc) is 3.13. The fourth-order valence-electron chi connectivity index (χ4n) is 3.09. The van der Waals surface area contributed by atoms with E-state index in [0.717, 1.165) is 22.5 Å². The zero-order valence-electron chi connectivity index (χ0n) is 12.8. The minimum absolute atomic E-state index is 0.142. The molecular weight excluding hydrogens is 345 g/mol. The summed E-state index contributed by atoms with van der Waals surface area (Å²) in [6.07, 6.45) is 1.55. The molecular formula is C18H13Cl2N3O. The Bertz CT molecular complexity index is 934. The number of rotatable bonds is 2. The Labute approximate surface area is 149 Å². The number of nitrogens with one attached hydrogen (secondary N) is 1. The first kappa shape index (κ1) is 15.2. The normalized spacial score (nSPS) is 16.5. The molecule has 1 aromatic heterocycles. The minimum Gasteiger partial charge on any atom is -0.346 e. The summed E-state index contributed by atoms with van der Waals surface area (Å²) in [6, 6.07) is 12.7. The van der Waals surface area contributed by atoms with Crippen molar-refractivity contribution in [2.24, 2.45) is 0 Å². The molecule has 1 amide bonds. The lowest BCUT2D eigenvalue weighted by Gasteiger charge is -2.27. The predicted octanol–water partition coefficient (Wildman–Crippen LogP) is 4.77. The first-order valence-electron chi connectivity index (χ1n) is 7.44. The first-order valence-corrected chi connectivity index (χ1v) is 8.20. The second kappa shape index (κ2) is 5.65. The van der Waals surface area contributed by atoms with Gasteiger partial charge in [-0.15, -0.1) is 0 Å². The number of halogens is 2. The number of fused-ring (bicyclic) bond motifs is 1. The molecule has 24 heavy (non-hydrogen) atoms. The van der Waals surface area contributed by atoms with Crippen LogP contribution < -0.4 is 4.90 Å². The molecule has 1 aliphatic rings. The van der Waals surface area contributed by atoms with E-state index in [1.54, 1.807) is 11.2 Å². The van der Waals surface area contributed by atoms with Gasteiger partial charge in [-0.3, -0.25) is 9.69 Å². The number of carbonyl (C=O) groups is 1. The van der Waals surface area contributed by atoms with Crippen LogP contribution in [-0.2, 0) is 0 Å². The zero-order chi connectivity index (χ0) is 16.8. The molecule has 0 radical (unpaired) electrons. The second-order valence-electron chi connectivity index (χ2n) is 5.72. The van der Waals surface area contributed by atoms with Crippen LogP contribution in [0.4, 0.5) is 5.69 Å². The lowest BCUT2D eigenvalue weighted by molar-refractivity contribution is 0.0989. The number of imidazole rings is 1. The molecule has 1 atom stereocenters. The van der Waals surface area contributed by atoms with Gasteiger partial charge < -0.3 is 4.98 Å². The van der Waals surface area contributed by atoms with Crippen molar-refractivity contribution in [3.8, 4) is 0 Å². The van der Waals surface area contributed by atoms with E-state index >= 15 is 0 Å². The predicted molar refractivity (Wildman–Crippen MR) is 94.9 cm³/mol. The number of aromatic amines is 1. The quantitative estimate of drug-likeness (QED) is 0.717. The van der Waals surface area contributed by atoms with Gasteiger partial charge in [-0.05, 0) is 42.3 Å². The standard InChI is InChI=1S/C18H13Cl2N3O/c1-10-2-5-13(20)8-14(10)23-17(11-3-6-12(19)7-4-11)15-16(18(23)24)22-9-21-15/h2-9,17H,1H3,(H,21,22). The summed E-state index contributed by atoms with van der Waals surface area (Å²) in [5, 5.41) is 1.24. The molecule has 3 aromatic rings. The molecule has 6 heteroatoms. The SMILES string of the molecule is Cc1ccc(Cl)cc1N1C(=O)c2nc[nH]c2C1c1ccc(Cl)cc1. The number of aromatic nitrogens is 2. The van der Waals surface area contributed by atoms with E-state index in [9.17, 15) is 4.79 Å². The fraction of sp³-hybridized carbons (Fsp3) is 0.111. The number of amides is 1. The maximum atomic E-state index is 12.9. The Balaban J connectivity index is 1.91. The van der Waals surface area contributed by atoms with E-state index in [-0.39, 0.29) is 11.9 Å². The lowest BCUT2D eigenvalue weighted by atomic mass is 10.0. The molecule has 0 spiro atoms. The van der Waals surface area contributed by atoms with Crippen LogP contribution in [0.5, 0.6) is 0 Å². The molecule has 1 N–H and O–H groups in total. The molecule has 0 fully saturated rings. The van der Waals surface area contributed by atoms with Gasteiger partial charge in [-0.25, -0.2) is 4.98 Å². The summed E-state index contributed by atoms with van der Waals surface area (Å²) in [7, 11) is 0. The van der Waals surface area contributed by atoms with Crippen LogP contribution in [0.2, 0.25) is 10.0 Å². The molecule has 1 aliphatic heterocycles. The molecule has 1 unspecified atom stereocenters. The molecule has 0 saturated carbocycles. The van der Waals surface area contributed by atoms with Crippen LogP contribution in [0.15, 0.2) is 48.8 Å². The number of hydrogen-bond acceptors (Lipinski definition) is 2. The van der Waals surface area contributed by atoms with Gasteiger partial charge in [0.2, 0.25) is 0 Å². The second-order valence-corrected chi connectivity index (χ2v) is 6.60. The van der Waals surface area contributed by atoms with Gasteiger partial charge in [0.05, 0.1) is 12.0 Å². The highest BCUT2D eigenvalue weighted by Crippen LogP contribution is 2.42. The molecule has 2 aromatic carbocycles. The number of aryl methyl sites for hydroxylation is 1. The first-order chi connectivity index (χ1) is 11.6. The van der Waals surface area contributed by atoms with Crippen LogP contribution >= 0.6 is 23.2 Å². The van der Waals surface area contributed by atoms with Crippen molar-refractivity contribution in [3.63, 3.8) is 0 Å². The van der Waals surface area contributed by atoms with Gasteiger partial charge in [0, 0.05) is 15.7 Å². The third kappa shape index (κ3) is 2.30. The summed E-state index contributed by atoms with van der Waals surface area (Å²) in [4.78, 5) is 22.0. The van der Waals surface area contributed by atoms with Crippen molar-refractivity contribution < 1.29 is 4.79 Å². The third-order valence-electron chi connectivity index (χ3n) is 4.24. The molecule has 0 saturated heterocycles. The van der Waals surface area contributed by atoms with Gasteiger partial charge in [-0.2, -0.15) is 0 Å². The lowest BCUT2D eigenvalue weighted by Crippen LogP contribution is -2.29. The van der Waals surface area contributed by atoms with E-state index in [4.69, 9.17) is 23.2 Å². The van der Waals surface area contributed by atoms with Crippen molar-refractivity contribution in [1.29, 1.82) is 0 Å². The maximum absolute atomic E-state index is 12.9. The summed E-state index contributed by atoms with van der Waals surface area (Å²) in [5.41, 5.74) is 3.92. The summed E-state index contributed by atoms with van der Waals surface area (Å²) < 4.78 is 0. The highest BCUT2D eigenvalue weighted by molar-refractivity contribution is 6.31. The monoisotopic (exact) mass is 357 g/mol. The maximum Gasteiger partial charge on any atom is 0.279 e. The van der Waals surface area contributed by atoms with E-state index < -0.39 is 0 Å². The molecule has 2 heterocycles. The summed E-state index contributed by atoms with van der Waals surface area (Å²) in [6.45, 7) is 1.96. The van der Waals surface area contributed by atoms with Crippen LogP contribution in [0.3, 0.4) is 0 Å². The molecule has 4 rings (SSSR count). The van der Waals surface area contributed by atoms with Crippen molar-refractivity contribution in [3.05, 3.63) is 81.4 Å². The van der Waals surface area contributed by atoms with Gasteiger partial charge in [0.15, 0.2) is 5.69 Å². The Kier molecular flexibility index (Phi) is 3.59. The topological polar surface area (TPSA) is 49.0 Å². The van der Waals surface area contributed by atoms with Crippen molar-refractivity contribution in [1.82, 2.24) is 9.97 Å². The van der Waals surface area contributed by atoms with E-state index in [0.29, 0.717) is 15.7 Å². The molecule has 120 valence electrons. The van der Waals surface area contributed by atoms with Crippen molar-refractivity contribution >= 4 is 34.8 Å². The van der Waals surface area contributed by atoms with Crippen LogP contribution in [0.1, 0.15) is 33.4 Å². The Hall–Kier alpha value is -2.30. The zero-order valence-corrected chi connectivity index (χ0v) is 14.3. The van der Waals surface area contributed by atoms with Crippen molar-refractivity contribution in [2.75, 3.05) is 4.90 Å². The Morgan fingerprint density at radius 1 is 1.08 bits per heavy atom. The van der Waals surface area contributed by atoms with Crippen LogP contribution in [0.25, 0.3) is 0 Å². The molecule has 0 bridgehead atoms. The highest BCUT2D eigenvalue weighted by Gasteiger charge is 2.41. The van der Waals surface area contributed by atoms with E-state index in [1.807, 2.05) is 49.4 Å². The largest absolute Gasteiger partial charge is 0.346 e. The molecule has 4 nitrogen and oxygen atoms in total. The van der Waals surface area contributed by atoms with Crippen LogP contribution in [0, 0.1) is 6.92 Å². The van der Waals surface area contributed by atoms with Gasteiger partial charge >= 0.3 is 0 Å². The summed E-state index contributed by atoms with van der Waals surface area (Å²) >= 11 is 12.2. The highest BCUT2D eigenvalue weighted by atomic mass is 35.5. The number of benzene rings is 2. The smallest absolute Gasteiger partial charge is 0.279 e. The number of carbonyl (C=O) groups excluding carboxylic acids is 1. The number of hydrogen-bond donors (Lipinski definition) is 1. The van der Waals surface area contributed by atoms with Crippen molar-refractivity contribution in [2.45, 2.75) is 13.0 Å². The number of anilines is 1. The Morgan fingerprint density at radius 3 is 2.54 bits per heavy atom. The summed E-state index contributed by atoms with van der Waals surface area (Å²) in [5.74, 6) is -0.142. The fourth-order valence-corrected chi connectivity index (χ4v) is 3.39. The van der Waals surface area contributed by atoms with E-state index in [2.05, 4.69) is 9.97 Å². The van der Waals surface area contributed by atoms with E-state index in [1.165, 1.54) is 0 Å². The number of H-pyrrole nitrogens is 1. The van der Waals surface area contributed by atoms with Gasteiger partial charge in [-0.1, -0.05) is 41.4 Å². The van der Waals surface area contributed by atoms with Gasteiger partial charge in [0.25, 0.3) is 5.91 Å². The minimum atomic E-state index is -0.288. The van der Waals surface area contributed by atoms with Gasteiger partial charge in [0.1, 0.15) is 6.04 Å². The molecule has 0 aliphatic carbocycles. The average molecular weight is 358 g/mol. The third-order valence-corrected chi connectivity index (χ3v) is 4.73. The Morgan fingerprint density at radius 2 is 1.79 bits per heavy atom. The van der Waals surface area contributed by atoms with Crippen LogP contribution in [-0.4, -0.2) is 15.9 Å².